The second kappa shape index (κ2) is 14.9. The van der Waals surface area contributed by atoms with Gasteiger partial charge in [-0.1, -0.05) is 31.2 Å². The van der Waals surface area contributed by atoms with Crippen molar-refractivity contribution in [3.05, 3.63) is 54.1 Å². The molecular formula is C21H26N2O6. The molecule has 8 nitrogen and oxygen atoms in total. The van der Waals surface area contributed by atoms with Gasteiger partial charge in [0.15, 0.2) is 0 Å². The van der Waals surface area contributed by atoms with Gasteiger partial charge < -0.3 is 20.4 Å². The van der Waals surface area contributed by atoms with Crippen molar-refractivity contribution in [2.45, 2.75) is 20.3 Å². The first-order valence-electron chi connectivity index (χ1n) is 8.75. The zero-order chi connectivity index (χ0) is 22.1. The lowest BCUT2D eigenvalue weighted by molar-refractivity contribution is 0.00304. The van der Waals surface area contributed by atoms with Crippen molar-refractivity contribution in [3.63, 3.8) is 0 Å². The molecule has 0 bridgehead atoms. The fourth-order valence-corrected chi connectivity index (χ4v) is 1.87. The number of benzene rings is 2. The van der Waals surface area contributed by atoms with Crippen LogP contribution in [0.5, 0.6) is 5.75 Å². The highest BCUT2D eigenvalue weighted by atomic mass is 16.3. The summed E-state index contributed by atoms with van der Waals surface area (Å²) in [6.07, 6.45) is 3.45. The molecular weight excluding hydrogens is 376 g/mol. The lowest BCUT2D eigenvalue weighted by atomic mass is 9.88. The van der Waals surface area contributed by atoms with Gasteiger partial charge in [0.05, 0.1) is 31.2 Å². The predicted molar refractivity (Wildman–Crippen MR) is 109 cm³/mol. The van der Waals surface area contributed by atoms with Gasteiger partial charge in [-0.2, -0.15) is 9.98 Å². The fourth-order valence-electron chi connectivity index (χ4n) is 1.87. The monoisotopic (exact) mass is 402 g/mol. The number of aliphatic hydroxyl groups is 3. The Bertz CT molecular complexity index is 755. The number of nitrogens with zero attached hydrogens (tertiary/aromatic N) is 2. The number of hydrogen-bond donors (Lipinski definition) is 4. The molecule has 0 aliphatic rings. The van der Waals surface area contributed by atoms with Gasteiger partial charge >= 0.3 is 0 Å². The van der Waals surface area contributed by atoms with Crippen molar-refractivity contribution in [1.29, 1.82) is 0 Å². The maximum atomic E-state index is 10.00. The summed E-state index contributed by atoms with van der Waals surface area (Å²) in [4.78, 5) is 26.9. The van der Waals surface area contributed by atoms with E-state index in [4.69, 9.17) is 20.4 Å². The third-order valence-electron chi connectivity index (χ3n) is 4.12. The summed E-state index contributed by atoms with van der Waals surface area (Å²) in [6, 6.07) is 13.7. The molecule has 0 atom stereocenters. The summed E-state index contributed by atoms with van der Waals surface area (Å²) >= 11 is 0. The van der Waals surface area contributed by atoms with Crippen LogP contribution in [0.3, 0.4) is 0 Å². The summed E-state index contributed by atoms with van der Waals surface area (Å²) in [5, 5.41) is 34.6. The quantitative estimate of drug-likeness (QED) is 0.433. The first-order chi connectivity index (χ1) is 13.9. The molecule has 0 aromatic heterocycles. The van der Waals surface area contributed by atoms with E-state index in [-0.39, 0.29) is 19.8 Å². The van der Waals surface area contributed by atoms with Gasteiger partial charge in [0, 0.05) is 11.0 Å². The minimum Gasteiger partial charge on any atom is -0.508 e. The number of isocyanates is 2. The van der Waals surface area contributed by atoms with Crippen molar-refractivity contribution in [1.82, 2.24) is 0 Å². The van der Waals surface area contributed by atoms with E-state index >= 15 is 0 Å². The minimum atomic E-state index is -0.667. The zero-order valence-corrected chi connectivity index (χ0v) is 16.4. The van der Waals surface area contributed by atoms with Crippen LogP contribution in [0.4, 0.5) is 11.4 Å². The first-order valence-corrected chi connectivity index (χ1v) is 8.75. The first kappa shape index (κ1) is 25.9. The normalized spacial score (nSPS) is 9.55. The van der Waals surface area contributed by atoms with Crippen molar-refractivity contribution >= 4 is 23.5 Å². The number of aromatic hydroxyl groups is 1. The van der Waals surface area contributed by atoms with E-state index in [1.807, 2.05) is 13.0 Å². The van der Waals surface area contributed by atoms with Gasteiger partial charge in [-0.3, -0.25) is 0 Å². The van der Waals surface area contributed by atoms with E-state index in [1.165, 1.54) is 12.2 Å². The lowest BCUT2D eigenvalue weighted by Gasteiger charge is -2.24. The van der Waals surface area contributed by atoms with Crippen LogP contribution in [0.2, 0.25) is 0 Å². The lowest BCUT2D eigenvalue weighted by Crippen LogP contribution is -2.32. The Morgan fingerprint density at radius 2 is 1.28 bits per heavy atom. The van der Waals surface area contributed by atoms with Crippen LogP contribution in [0, 0.1) is 12.3 Å². The smallest absolute Gasteiger partial charge is 0.240 e. The largest absolute Gasteiger partial charge is 0.508 e. The van der Waals surface area contributed by atoms with Crippen LogP contribution in [-0.2, 0) is 9.59 Å². The Labute approximate surface area is 169 Å². The van der Waals surface area contributed by atoms with Gasteiger partial charge in [0.25, 0.3) is 0 Å². The Hall–Kier alpha value is -3.12. The molecule has 2 aromatic rings. The van der Waals surface area contributed by atoms with E-state index < -0.39 is 5.41 Å². The number of para-hydroxylation sites is 1. The SMILES string of the molecule is CCC(CO)(CO)CO.Cc1c(N=C=O)cccc1N=C=O.Oc1ccccc1. The van der Waals surface area contributed by atoms with Gasteiger partial charge in [-0.05, 0) is 37.6 Å². The molecule has 2 aromatic carbocycles. The summed E-state index contributed by atoms with van der Waals surface area (Å²) < 4.78 is 0. The molecule has 0 saturated carbocycles. The van der Waals surface area contributed by atoms with Crippen molar-refractivity contribution in [3.8, 4) is 5.75 Å². The maximum Gasteiger partial charge on any atom is 0.240 e. The van der Waals surface area contributed by atoms with E-state index in [1.54, 1.807) is 49.4 Å². The molecule has 29 heavy (non-hydrogen) atoms. The Morgan fingerprint density at radius 3 is 1.52 bits per heavy atom. The van der Waals surface area contributed by atoms with Gasteiger partial charge in [0.2, 0.25) is 12.2 Å². The molecule has 0 aliphatic carbocycles. The minimum absolute atomic E-state index is 0.156. The predicted octanol–water partition coefficient (Wildman–Crippen LogP) is 2.68. The molecule has 156 valence electrons. The number of hydrogen-bond acceptors (Lipinski definition) is 8. The number of phenols is 1. The topological polar surface area (TPSA) is 140 Å². The molecule has 4 N–H and O–H groups in total. The van der Waals surface area contributed by atoms with Crippen molar-refractivity contribution in [2.24, 2.45) is 15.4 Å². The Kier molecular flexibility index (Phi) is 13.3. The number of aliphatic imine (C=N–C) groups is 2. The van der Waals surface area contributed by atoms with Crippen molar-refractivity contribution in [2.75, 3.05) is 19.8 Å². The number of phenolic OH excluding ortho intramolecular Hbond substituents is 1. The molecule has 0 unspecified atom stereocenters. The molecule has 0 amide bonds. The van der Waals surface area contributed by atoms with Gasteiger partial charge in [0.1, 0.15) is 5.75 Å². The van der Waals surface area contributed by atoms with E-state index in [9.17, 15) is 9.59 Å². The molecule has 0 radical (unpaired) electrons. The van der Waals surface area contributed by atoms with Crippen LogP contribution < -0.4 is 0 Å². The second-order valence-electron chi connectivity index (χ2n) is 5.99. The number of carbonyl (C=O) groups excluding carboxylic acids is 2. The van der Waals surface area contributed by atoms with Crippen LogP contribution >= 0.6 is 0 Å². The average molecular weight is 402 g/mol. The zero-order valence-electron chi connectivity index (χ0n) is 16.4. The fraction of sp³-hybridized carbons (Fsp3) is 0.333. The van der Waals surface area contributed by atoms with Gasteiger partial charge in [-0.15, -0.1) is 0 Å². The van der Waals surface area contributed by atoms with Crippen LogP contribution in [0.15, 0.2) is 58.5 Å². The third kappa shape index (κ3) is 9.58. The number of aliphatic hydroxyl groups excluding tert-OH is 3. The van der Waals surface area contributed by atoms with E-state index in [0.717, 1.165) is 0 Å². The molecule has 8 heteroatoms. The van der Waals surface area contributed by atoms with E-state index in [2.05, 4.69) is 9.98 Å². The van der Waals surface area contributed by atoms with E-state index in [0.29, 0.717) is 29.1 Å². The summed E-state index contributed by atoms with van der Waals surface area (Å²) in [5.41, 5.74) is 0.923. The highest BCUT2D eigenvalue weighted by Crippen LogP contribution is 2.26. The highest BCUT2D eigenvalue weighted by Gasteiger charge is 2.24. The standard InChI is InChI=1S/C9H6N2O2.C6H14O3.C6H6O/c1-7-8(10-5-12)3-2-4-9(7)11-6-13;1-2-6(3-7,4-8)5-9;7-6-4-2-1-3-5-6/h2-4H,1H3;7-9H,2-5H2,1H3;1-5,7H. The molecule has 0 spiro atoms. The Morgan fingerprint density at radius 1 is 0.828 bits per heavy atom. The highest BCUT2D eigenvalue weighted by molar-refractivity contribution is 5.64. The third-order valence-corrected chi connectivity index (χ3v) is 4.12. The summed E-state index contributed by atoms with van der Waals surface area (Å²) in [7, 11) is 0. The van der Waals surface area contributed by atoms with Gasteiger partial charge in [-0.25, -0.2) is 9.59 Å². The summed E-state index contributed by atoms with van der Waals surface area (Å²) in [5.74, 6) is 0.322. The molecule has 0 fully saturated rings. The van der Waals surface area contributed by atoms with Crippen LogP contribution in [0.25, 0.3) is 0 Å². The van der Waals surface area contributed by atoms with Crippen LogP contribution in [-0.4, -0.2) is 52.4 Å². The average Bonchev–Trinajstić information content (AvgIpc) is 2.75. The maximum absolute atomic E-state index is 10.00. The Balaban J connectivity index is 0.000000429. The summed E-state index contributed by atoms with van der Waals surface area (Å²) in [6.45, 7) is 3.07. The van der Waals surface area contributed by atoms with Crippen molar-refractivity contribution < 1.29 is 30.0 Å². The molecule has 2 rings (SSSR count). The molecule has 0 saturated heterocycles. The number of rotatable bonds is 6. The second-order valence-corrected chi connectivity index (χ2v) is 5.99. The molecule has 0 aliphatic heterocycles. The molecule has 0 heterocycles. The van der Waals surface area contributed by atoms with Crippen LogP contribution in [0.1, 0.15) is 18.9 Å².